The average Bonchev–Trinajstić information content (AvgIpc) is 3.06. The summed E-state index contributed by atoms with van der Waals surface area (Å²) in [6.07, 6.45) is 1.94. The van der Waals surface area contributed by atoms with Crippen LogP contribution in [0.15, 0.2) is 65.3 Å². The van der Waals surface area contributed by atoms with Gasteiger partial charge in [-0.1, -0.05) is 36.0 Å². The number of piperazine rings is 1. The van der Waals surface area contributed by atoms with Gasteiger partial charge in [0.1, 0.15) is 5.75 Å². The first-order valence-electron chi connectivity index (χ1n) is 11.7. The minimum Gasteiger partial charge on any atom is -0.495 e. The number of carbonyl (C=O) groups excluding carboxylic acids is 2. The molecule has 8 nitrogen and oxygen atoms in total. The topological polar surface area (TPSA) is 83.5 Å². The molecule has 35 heavy (non-hydrogen) atoms. The van der Waals surface area contributed by atoms with Gasteiger partial charge in [0.2, 0.25) is 5.91 Å². The minimum atomic E-state index is -0.307. The Balaban J connectivity index is 1.38. The summed E-state index contributed by atoms with van der Waals surface area (Å²) in [5, 5.41) is 3.96. The molecule has 1 fully saturated rings. The zero-order chi connectivity index (χ0) is 24.6. The molecule has 0 unspecified atom stereocenters. The van der Waals surface area contributed by atoms with Gasteiger partial charge in [0.05, 0.1) is 48.0 Å². The fourth-order valence-electron chi connectivity index (χ4n) is 4.04. The zero-order valence-electron chi connectivity index (χ0n) is 20.0. The molecule has 2 aliphatic heterocycles. The summed E-state index contributed by atoms with van der Waals surface area (Å²) in [6, 6.07) is 15.6. The van der Waals surface area contributed by atoms with Crippen LogP contribution in [-0.2, 0) is 14.3 Å². The number of carbonyl (C=O) groups is 2. The number of methoxy groups -OCH3 is 1. The molecule has 0 atom stereocenters. The lowest BCUT2D eigenvalue weighted by Gasteiger charge is -2.36. The molecule has 2 heterocycles. The maximum atomic E-state index is 13.0. The number of aliphatic imine (C=N–C) groups is 1. The van der Waals surface area contributed by atoms with E-state index in [1.54, 1.807) is 14.0 Å². The highest BCUT2D eigenvalue weighted by molar-refractivity contribution is 8.14. The Bertz CT molecular complexity index is 1130. The number of para-hydroxylation sites is 4. The third kappa shape index (κ3) is 6.36. The van der Waals surface area contributed by atoms with Crippen LogP contribution >= 0.6 is 11.8 Å². The molecule has 184 valence electrons. The maximum Gasteiger partial charge on any atom is 0.311 e. The Labute approximate surface area is 210 Å². The van der Waals surface area contributed by atoms with Crippen LogP contribution < -0.4 is 15.0 Å². The van der Waals surface area contributed by atoms with Gasteiger partial charge in [-0.25, -0.2) is 4.99 Å². The van der Waals surface area contributed by atoms with Crippen LogP contribution in [0.25, 0.3) is 0 Å². The molecule has 2 aromatic rings. The summed E-state index contributed by atoms with van der Waals surface area (Å²) < 4.78 is 10.6. The average molecular weight is 495 g/mol. The number of benzene rings is 2. The third-order valence-electron chi connectivity index (χ3n) is 5.77. The molecule has 1 amide bonds. The first-order chi connectivity index (χ1) is 17.1. The van der Waals surface area contributed by atoms with E-state index in [4.69, 9.17) is 14.5 Å². The van der Waals surface area contributed by atoms with Crippen molar-refractivity contribution in [3.8, 4) is 5.75 Å². The molecule has 0 radical (unpaired) electrons. The van der Waals surface area contributed by atoms with E-state index in [2.05, 4.69) is 10.2 Å². The van der Waals surface area contributed by atoms with E-state index in [1.807, 2.05) is 59.5 Å². The number of esters is 1. The third-order valence-corrected chi connectivity index (χ3v) is 6.67. The van der Waals surface area contributed by atoms with Gasteiger partial charge in [-0.05, 0) is 37.3 Å². The summed E-state index contributed by atoms with van der Waals surface area (Å²) in [5.41, 5.74) is 3.33. The Hall–Kier alpha value is -3.46. The van der Waals surface area contributed by atoms with Gasteiger partial charge < -0.3 is 24.6 Å². The van der Waals surface area contributed by atoms with Crippen molar-refractivity contribution >= 4 is 45.7 Å². The number of nitrogens with zero attached hydrogens (tertiary/aromatic N) is 3. The summed E-state index contributed by atoms with van der Waals surface area (Å²) in [7, 11) is 1.67. The van der Waals surface area contributed by atoms with Crippen LogP contribution in [0.1, 0.15) is 13.3 Å². The lowest BCUT2D eigenvalue weighted by molar-refractivity contribution is -0.142. The molecule has 0 aliphatic carbocycles. The summed E-state index contributed by atoms with van der Waals surface area (Å²) >= 11 is 1.38. The van der Waals surface area contributed by atoms with Crippen molar-refractivity contribution in [2.45, 2.75) is 13.3 Å². The summed E-state index contributed by atoms with van der Waals surface area (Å²) in [4.78, 5) is 33.9. The highest BCUT2D eigenvalue weighted by Crippen LogP contribution is 2.31. The Morgan fingerprint density at radius 2 is 1.80 bits per heavy atom. The zero-order valence-corrected chi connectivity index (χ0v) is 20.8. The molecular weight excluding hydrogens is 464 g/mol. The number of anilines is 2. The van der Waals surface area contributed by atoms with Gasteiger partial charge in [-0.2, -0.15) is 0 Å². The molecule has 9 heteroatoms. The first-order valence-corrected chi connectivity index (χ1v) is 12.7. The fraction of sp³-hybridized carbons (Fsp3) is 0.346. The molecule has 0 saturated carbocycles. The van der Waals surface area contributed by atoms with Gasteiger partial charge in [-0.15, -0.1) is 0 Å². The van der Waals surface area contributed by atoms with E-state index in [0.717, 1.165) is 35.9 Å². The molecule has 1 N–H and O–H groups in total. The predicted octanol–water partition coefficient (Wildman–Crippen LogP) is 4.07. The SMILES string of the molecule is CCOC(=O)CC1=CC(SCC(=O)N2CCN(c3ccccc3OC)CC2)=Nc2ccccc2N1. The van der Waals surface area contributed by atoms with Crippen molar-refractivity contribution in [3.05, 3.63) is 60.3 Å². The van der Waals surface area contributed by atoms with E-state index in [9.17, 15) is 9.59 Å². The lowest BCUT2D eigenvalue weighted by Crippen LogP contribution is -2.49. The van der Waals surface area contributed by atoms with E-state index in [-0.39, 0.29) is 24.1 Å². The lowest BCUT2D eigenvalue weighted by atomic mass is 10.2. The van der Waals surface area contributed by atoms with Gasteiger partial charge in [0.15, 0.2) is 0 Å². The molecule has 0 aromatic heterocycles. The number of rotatable bonds is 7. The second-order valence-corrected chi connectivity index (χ2v) is 9.07. The van der Waals surface area contributed by atoms with Crippen molar-refractivity contribution in [1.29, 1.82) is 0 Å². The Morgan fingerprint density at radius 1 is 1.06 bits per heavy atom. The van der Waals surface area contributed by atoms with Crippen molar-refractivity contribution in [2.24, 2.45) is 4.99 Å². The van der Waals surface area contributed by atoms with Gasteiger partial charge in [-0.3, -0.25) is 9.59 Å². The smallest absolute Gasteiger partial charge is 0.311 e. The Kier molecular flexibility index (Phi) is 8.31. The minimum absolute atomic E-state index is 0.0724. The number of thioether (sulfide) groups is 1. The quantitative estimate of drug-likeness (QED) is 0.581. The normalized spacial score (nSPS) is 15.3. The second-order valence-electron chi connectivity index (χ2n) is 8.07. The number of amides is 1. The van der Waals surface area contributed by atoms with Gasteiger partial charge >= 0.3 is 5.97 Å². The van der Waals surface area contributed by atoms with E-state index < -0.39 is 0 Å². The van der Waals surface area contributed by atoms with E-state index in [1.165, 1.54) is 11.8 Å². The summed E-state index contributed by atoms with van der Waals surface area (Å²) in [5.74, 6) is 0.884. The fourth-order valence-corrected chi connectivity index (χ4v) is 4.88. The van der Waals surface area contributed by atoms with Crippen LogP contribution in [0, 0.1) is 0 Å². The van der Waals surface area contributed by atoms with E-state index >= 15 is 0 Å². The molecular formula is C26H30N4O4S. The van der Waals surface area contributed by atoms with Crippen LogP contribution in [0.5, 0.6) is 5.75 Å². The molecule has 0 bridgehead atoms. The largest absolute Gasteiger partial charge is 0.495 e. The van der Waals surface area contributed by atoms with Crippen LogP contribution in [0.2, 0.25) is 0 Å². The number of nitrogens with one attached hydrogen (secondary N) is 1. The number of hydrogen-bond donors (Lipinski definition) is 1. The Morgan fingerprint density at radius 3 is 2.57 bits per heavy atom. The van der Waals surface area contributed by atoms with Crippen LogP contribution in [0.4, 0.5) is 17.1 Å². The summed E-state index contributed by atoms with van der Waals surface area (Å²) in [6.45, 7) is 4.91. The highest BCUT2D eigenvalue weighted by atomic mass is 32.2. The predicted molar refractivity (Wildman–Crippen MR) is 141 cm³/mol. The van der Waals surface area contributed by atoms with Crippen molar-refractivity contribution in [2.75, 3.05) is 55.9 Å². The molecule has 2 aromatic carbocycles. The molecule has 4 rings (SSSR count). The maximum absolute atomic E-state index is 13.0. The van der Waals surface area contributed by atoms with Crippen LogP contribution in [-0.4, -0.2) is 67.5 Å². The van der Waals surface area contributed by atoms with E-state index in [0.29, 0.717) is 30.4 Å². The molecule has 2 aliphatic rings. The van der Waals surface area contributed by atoms with Gasteiger partial charge in [0, 0.05) is 31.9 Å². The molecule has 0 spiro atoms. The standard InChI is InChI=1S/C26H30N4O4S/c1-3-34-26(32)17-19-16-24(28-21-9-5-4-8-20(21)27-19)35-18-25(31)30-14-12-29(13-15-30)22-10-6-7-11-23(22)33-2/h4-11,16,27H,3,12-15,17-18H2,1-2H3. The van der Waals surface area contributed by atoms with Crippen molar-refractivity contribution in [1.82, 2.24) is 4.90 Å². The van der Waals surface area contributed by atoms with Gasteiger partial charge in [0.25, 0.3) is 0 Å². The first kappa shape index (κ1) is 24.7. The number of fused-ring (bicyclic) bond motifs is 1. The monoisotopic (exact) mass is 494 g/mol. The molecule has 1 saturated heterocycles. The second kappa shape index (κ2) is 11.8. The number of hydrogen-bond acceptors (Lipinski definition) is 8. The number of ether oxygens (including phenoxy) is 2. The van der Waals surface area contributed by atoms with Crippen molar-refractivity contribution < 1.29 is 19.1 Å². The van der Waals surface area contributed by atoms with Crippen molar-refractivity contribution in [3.63, 3.8) is 0 Å². The van der Waals surface area contributed by atoms with Crippen LogP contribution in [0.3, 0.4) is 0 Å². The highest BCUT2D eigenvalue weighted by Gasteiger charge is 2.23.